The first kappa shape index (κ1) is 34.0. The molecule has 1 unspecified atom stereocenters. The molecular weight excluding hydrogens is 673 g/mol. The average molecular weight is 717 g/mol. The van der Waals surface area contributed by atoms with E-state index in [2.05, 4.69) is 202 Å². The van der Waals surface area contributed by atoms with Gasteiger partial charge in [0.25, 0.3) is 0 Å². The summed E-state index contributed by atoms with van der Waals surface area (Å²) < 4.78 is 0. The molecule has 0 aromatic heterocycles. The summed E-state index contributed by atoms with van der Waals surface area (Å²) in [5.41, 5.74) is 14.2. The summed E-state index contributed by atoms with van der Waals surface area (Å²) in [6.07, 6.45) is 8.31. The third-order valence-corrected chi connectivity index (χ3v) is 12.2. The van der Waals surface area contributed by atoms with Gasteiger partial charge in [0.2, 0.25) is 0 Å². The molecule has 0 saturated carbocycles. The Labute approximate surface area is 330 Å². The van der Waals surface area contributed by atoms with Crippen molar-refractivity contribution in [2.45, 2.75) is 33.1 Å². The minimum atomic E-state index is 0.636. The highest BCUT2D eigenvalue weighted by Gasteiger charge is 2.20. The number of fused-ring (bicyclic) bond motifs is 4. The van der Waals surface area contributed by atoms with E-state index in [0.717, 1.165) is 12.8 Å². The summed E-state index contributed by atoms with van der Waals surface area (Å²) in [6.45, 7) is 4.48. The fraction of sp³-hybridized carbons (Fsp3) is 0.107. The van der Waals surface area contributed by atoms with Crippen molar-refractivity contribution in [1.82, 2.24) is 0 Å². The van der Waals surface area contributed by atoms with Crippen molar-refractivity contribution in [3.8, 4) is 33.4 Å². The summed E-state index contributed by atoms with van der Waals surface area (Å²) in [5.74, 6) is 0.636. The maximum absolute atomic E-state index is 2.48. The minimum absolute atomic E-state index is 0.636. The molecule has 0 bridgehead atoms. The Morgan fingerprint density at radius 3 is 1.66 bits per heavy atom. The van der Waals surface area contributed by atoms with E-state index in [1.165, 1.54) is 111 Å². The summed E-state index contributed by atoms with van der Waals surface area (Å²) in [5, 5.41) is 10.3. The number of allylic oxidation sites excluding steroid dienone is 4. The molecule has 9 aromatic carbocycles. The van der Waals surface area contributed by atoms with Gasteiger partial charge in [-0.05, 0) is 130 Å². The number of aryl methyl sites for hydroxylation is 1. The zero-order chi connectivity index (χ0) is 37.6. The molecular formula is C56H44. The first-order valence-electron chi connectivity index (χ1n) is 20.2. The number of rotatable bonds is 6. The Morgan fingerprint density at radius 2 is 0.982 bits per heavy atom. The molecule has 0 amide bonds. The third kappa shape index (κ3) is 6.03. The van der Waals surface area contributed by atoms with E-state index in [1.54, 1.807) is 0 Å². The van der Waals surface area contributed by atoms with Gasteiger partial charge in [0.05, 0.1) is 0 Å². The lowest BCUT2D eigenvalue weighted by atomic mass is 9.84. The van der Waals surface area contributed by atoms with Crippen molar-refractivity contribution in [2.75, 3.05) is 0 Å². The molecule has 0 spiro atoms. The van der Waals surface area contributed by atoms with Gasteiger partial charge in [0.15, 0.2) is 0 Å². The maximum atomic E-state index is 2.48. The van der Waals surface area contributed by atoms with Gasteiger partial charge in [0.1, 0.15) is 0 Å². The van der Waals surface area contributed by atoms with E-state index in [1.807, 2.05) is 0 Å². The van der Waals surface area contributed by atoms with E-state index in [9.17, 15) is 0 Å². The van der Waals surface area contributed by atoms with Crippen LogP contribution in [-0.4, -0.2) is 0 Å². The molecule has 0 nitrogen and oxygen atoms in total. The lowest BCUT2D eigenvalue weighted by Crippen LogP contribution is -1.98. The number of hydrogen-bond acceptors (Lipinski definition) is 0. The molecule has 0 heterocycles. The van der Waals surface area contributed by atoms with E-state index in [0.29, 0.717) is 5.92 Å². The highest BCUT2D eigenvalue weighted by molar-refractivity contribution is 6.24. The van der Waals surface area contributed by atoms with Gasteiger partial charge in [-0.3, -0.25) is 0 Å². The van der Waals surface area contributed by atoms with Crippen LogP contribution in [0.4, 0.5) is 0 Å². The van der Waals surface area contributed by atoms with Crippen molar-refractivity contribution in [3.63, 3.8) is 0 Å². The largest absolute Gasteiger partial charge is 0.0764 e. The quantitative estimate of drug-likeness (QED) is 0.150. The van der Waals surface area contributed by atoms with E-state index in [4.69, 9.17) is 0 Å². The van der Waals surface area contributed by atoms with Crippen molar-refractivity contribution >= 4 is 54.2 Å². The van der Waals surface area contributed by atoms with E-state index >= 15 is 0 Å². The molecule has 0 radical (unpaired) electrons. The molecule has 1 atom stereocenters. The summed E-state index contributed by atoms with van der Waals surface area (Å²) in [6, 6.07) is 65.6. The van der Waals surface area contributed by atoms with Crippen LogP contribution in [0.15, 0.2) is 188 Å². The topological polar surface area (TPSA) is 0 Å². The zero-order valence-electron chi connectivity index (χ0n) is 32.1. The summed E-state index contributed by atoms with van der Waals surface area (Å²) >= 11 is 0. The van der Waals surface area contributed by atoms with Crippen LogP contribution in [0, 0.1) is 12.8 Å². The molecule has 0 saturated heterocycles. The molecule has 0 aliphatic heterocycles. The fourth-order valence-corrected chi connectivity index (χ4v) is 9.17. The van der Waals surface area contributed by atoms with Crippen LogP contribution in [-0.2, 0) is 0 Å². The molecule has 10 rings (SSSR count). The van der Waals surface area contributed by atoms with Crippen LogP contribution in [0.3, 0.4) is 0 Å². The zero-order valence-corrected chi connectivity index (χ0v) is 32.1. The van der Waals surface area contributed by atoms with Gasteiger partial charge in [-0.25, -0.2) is 0 Å². The standard InChI is InChI=1S/C56H44/c1-3-38-24-27-44(36-46(34-38)45-33-30-39-12-4-5-13-43(39)35-45)40-28-31-42(32-29-40)55-51-14-6-8-16-53(51)56(54-17-9-7-15-52(54)55)50-21-11-19-48-47(18-10-20-49(48)50)41-25-22-37(2)23-26-41/h4-23,25-33,35-36,38H,3,24,34H2,1-2H3. The molecule has 1 aliphatic carbocycles. The second kappa shape index (κ2) is 14.3. The molecule has 268 valence electrons. The first-order chi connectivity index (χ1) is 27.6. The molecule has 9 aromatic rings. The first-order valence-corrected chi connectivity index (χ1v) is 20.2. The van der Waals surface area contributed by atoms with Crippen molar-refractivity contribution in [2.24, 2.45) is 5.92 Å². The van der Waals surface area contributed by atoms with Crippen LogP contribution in [0.1, 0.15) is 42.9 Å². The lowest BCUT2D eigenvalue weighted by Gasteiger charge is -2.19. The normalized spacial score (nSPS) is 14.6. The Balaban J connectivity index is 1.10. The smallest absolute Gasteiger partial charge is 0.00201 e. The van der Waals surface area contributed by atoms with Crippen molar-refractivity contribution in [3.05, 3.63) is 205 Å². The Kier molecular flexibility index (Phi) is 8.68. The summed E-state index contributed by atoms with van der Waals surface area (Å²) in [4.78, 5) is 0. The van der Waals surface area contributed by atoms with Gasteiger partial charge < -0.3 is 0 Å². The molecule has 0 heteroatoms. The fourth-order valence-electron chi connectivity index (χ4n) is 9.17. The Hall–Kier alpha value is -6.50. The third-order valence-electron chi connectivity index (χ3n) is 12.2. The second-order valence-corrected chi connectivity index (χ2v) is 15.6. The van der Waals surface area contributed by atoms with Gasteiger partial charge in [0, 0.05) is 0 Å². The maximum Gasteiger partial charge on any atom is -0.00201 e. The highest BCUT2D eigenvalue weighted by atomic mass is 14.2. The molecule has 1 aliphatic rings. The Morgan fingerprint density at radius 1 is 0.446 bits per heavy atom. The Bertz CT molecular complexity index is 2930. The van der Waals surface area contributed by atoms with Gasteiger partial charge >= 0.3 is 0 Å². The van der Waals surface area contributed by atoms with Gasteiger partial charge in [-0.2, -0.15) is 0 Å². The lowest BCUT2D eigenvalue weighted by molar-refractivity contribution is 0.533. The highest BCUT2D eigenvalue weighted by Crippen LogP contribution is 2.46. The van der Waals surface area contributed by atoms with Crippen molar-refractivity contribution < 1.29 is 0 Å². The van der Waals surface area contributed by atoms with Crippen LogP contribution < -0.4 is 0 Å². The van der Waals surface area contributed by atoms with Crippen molar-refractivity contribution in [1.29, 1.82) is 0 Å². The monoisotopic (exact) mass is 716 g/mol. The van der Waals surface area contributed by atoms with E-state index in [-0.39, 0.29) is 0 Å². The van der Waals surface area contributed by atoms with Crippen LogP contribution >= 0.6 is 0 Å². The summed E-state index contributed by atoms with van der Waals surface area (Å²) in [7, 11) is 0. The minimum Gasteiger partial charge on any atom is -0.0764 e. The molecule has 0 fully saturated rings. The number of hydrogen-bond donors (Lipinski definition) is 0. The predicted molar refractivity (Wildman–Crippen MR) is 243 cm³/mol. The van der Waals surface area contributed by atoms with Gasteiger partial charge in [-0.15, -0.1) is 0 Å². The van der Waals surface area contributed by atoms with Crippen LogP contribution in [0.5, 0.6) is 0 Å². The van der Waals surface area contributed by atoms with Crippen LogP contribution in [0.2, 0.25) is 0 Å². The van der Waals surface area contributed by atoms with Gasteiger partial charge in [-0.1, -0.05) is 201 Å². The SMILES string of the molecule is CCC1CC=C(c2ccc(-c3c4ccccc4c(-c4cccc5c(-c6ccc(C)cc6)cccc45)c4ccccc34)cc2)C=C(c2ccc3ccccc3c2)C1. The van der Waals surface area contributed by atoms with E-state index < -0.39 is 0 Å². The molecule has 56 heavy (non-hydrogen) atoms. The van der Waals surface area contributed by atoms with Crippen LogP contribution in [0.25, 0.3) is 87.6 Å². The predicted octanol–water partition coefficient (Wildman–Crippen LogP) is 15.9. The number of benzene rings is 9. The molecule has 0 N–H and O–H groups in total. The average Bonchev–Trinajstić information content (AvgIpc) is 3.49. The second-order valence-electron chi connectivity index (χ2n) is 15.6.